The fourth-order valence-electron chi connectivity index (χ4n) is 2.54. The first-order chi connectivity index (χ1) is 8.27. The summed E-state index contributed by atoms with van der Waals surface area (Å²) >= 11 is 0. The average Bonchev–Trinajstić information content (AvgIpc) is 2.58. The smallest absolute Gasteiger partial charge is 0.330 e. The zero-order valence-corrected chi connectivity index (χ0v) is 10.6. The van der Waals surface area contributed by atoms with Crippen molar-refractivity contribution in [2.24, 2.45) is 11.7 Å². The van der Waals surface area contributed by atoms with Gasteiger partial charge in [0.2, 0.25) is 5.91 Å². The second-order valence-electron chi connectivity index (χ2n) is 4.65. The summed E-state index contributed by atoms with van der Waals surface area (Å²) in [6.07, 6.45) is 0.277. The SMILES string of the molecule is C[C@H]1[C@H](N2CC(CN)CC2=O)C(=O)N1S(=O)(=O)O. The first kappa shape index (κ1) is 13.2. The molecule has 2 rings (SSSR count). The molecule has 0 spiro atoms. The van der Waals surface area contributed by atoms with Crippen LogP contribution in [-0.2, 0) is 19.9 Å². The number of hydrogen-bond acceptors (Lipinski definition) is 5. The highest BCUT2D eigenvalue weighted by atomic mass is 32.2. The maximum Gasteiger partial charge on any atom is 0.362 e. The van der Waals surface area contributed by atoms with Gasteiger partial charge in [-0.3, -0.25) is 14.1 Å². The highest BCUT2D eigenvalue weighted by molar-refractivity contribution is 7.84. The maximum atomic E-state index is 11.7. The zero-order chi connectivity index (χ0) is 13.7. The van der Waals surface area contributed by atoms with Gasteiger partial charge < -0.3 is 10.6 Å². The van der Waals surface area contributed by atoms with E-state index in [0.717, 1.165) is 0 Å². The number of carbonyl (C=O) groups excluding carboxylic acids is 2. The van der Waals surface area contributed by atoms with Crippen molar-refractivity contribution in [1.29, 1.82) is 0 Å². The lowest BCUT2D eigenvalue weighted by molar-refractivity contribution is -0.154. The van der Waals surface area contributed by atoms with Crippen LogP contribution < -0.4 is 5.73 Å². The Kier molecular flexibility index (Phi) is 3.07. The largest absolute Gasteiger partial charge is 0.362 e. The summed E-state index contributed by atoms with van der Waals surface area (Å²) in [7, 11) is -4.54. The summed E-state index contributed by atoms with van der Waals surface area (Å²) in [6.45, 7) is 2.18. The van der Waals surface area contributed by atoms with Crippen LogP contribution in [0.4, 0.5) is 0 Å². The van der Waals surface area contributed by atoms with Gasteiger partial charge in [-0.1, -0.05) is 0 Å². The van der Waals surface area contributed by atoms with E-state index in [9.17, 15) is 18.0 Å². The van der Waals surface area contributed by atoms with Gasteiger partial charge in [0.15, 0.2) is 0 Å². The van der Waals surface area contributed by atoms with E-state index in [-0.39, 0.29) is 18.2 Å². The number of nitrogens with two attached hydrogens (primary N) is 1. The van der Waals surface area contributed by atoms with Gasteiger partial charge in [-0.05, 0) is 19.4 Å². The van der Waals surface area contributed by atoms with Gasteiger partial charge in [0.1, 0.15) is 6.04 Å². The summed E-state index contributed by atoms with van der Waals surface area (Å²) in [6, 6.07) is -1.55. The van der Waals surface area contributed by atoms with E-state index in [1.165, 1.54) is 11.8 Å². The van der Waals surface area contributed by atoms with E-state index in [1.807, 2.05) is 0 Å². The molecule has 9 heteroatoms. The van der Waals surface area contributed by atoms with Crippen molar-refractivity contribution >= 4 is 22.1 Å². The number of amides is 2. The van der Waals surface area contributed by atoms with Gasteiger partial charge in [0.25, 0.3) is 5.91 Å². The topological polar surface area (TPSA) is 121 Å². The van der Waals surface area contributed by atoms with E-state index in [0.29, 0.717) is 17.4 Å². The van der Waals surface area contributed by atoms with E-state index in [4.69, 9.17) is 10.3 Å². The van der Waals surface area contributed by atoms with Crippen molar-refractivity contribution in [2.45, 2.75) is 25.4 Å². The standard InChI is InChI=1S/C9H15N3O5S/c1-5-8(9(14)12(5)18(15,16)17)11-4-6(3-10)2-7(11)13/h5-6,8H,2-4,10H2,1H3,(H,15,16,17)/t5-,6?,8-/m0/s1. The molecule has 0 aromatic carbocycles. The first-order valence-corrected chi connectivity index (χ1v) is 6.97. The monoisotopic (exact) mass is 277 g/mol. The Bertz CT molecular complexity index is 490. The molecule has 1 unspecified atom stereocenters. The summed E-state index contributed by atoms with van der Waals surface area (Å²) in [4.78, 5) is 24.8. The lowest BCUT2D eigenvalue weighted by atomic mass is 9.99. The molecule has 2 fully saturated rings. The van der Waals surface area contributed by atoms with Gasteiger partial charge in [-0.25, -0.2) is 4.31 Å². The molecule has 0 aromatic rings. The number of rotatable bonds is 3. The zero-order valence-electron chi connectivity index (χ0n) is 9.81. The molecule has 0 radical (unpaired) electrons. The minimum absolute atomic E-state index is 0.00252. The second-order valence-corrected chi connectivity index (χ2v) is 5.94. The third-order valence-corrected chi connectivity index (χ3v) is 4.46. The molecule has 3 N–H and O–H groups in total. The predicted octanol–water partition coefficient (Wildman–Crippen LogP) is -1.80. The molecule has 102 valence electrons. The van der Waals surface area contributed by atoms with Gasteiger partial charge in [0.05, 0.1) is 6.04 Å². The molecular weight excluding hydrogens is 262 g/mol. The number of likely N-dealkylation sites (tertiary alicyclic amines) is 1. The molecule has 2 aliphatic heterocycles. The maximum absolute atomic E-state index is 11.7. The first-order valence-electron chi connectivity index (χ1n) is 5.57. The van der Waals surface area contributed by atoms with Crippen LogP contribution in [0.15, 0.2) is 0 Å². The summed E-state index contributed by atoms with van der Waals surface area (Å²) in [5, 5.41) is 0. The molecule has 3 atom stereocenters. The lowest BCUT2D eigenvalue weighted by Crippen LogP contribution is -2.71. The molecule has 0 saturated carbocycles. The van der Waals surface area contributed by atoms with Crippen LogP contribution in [0.1, 0.15) is 13.3 Å². The van der Waals surface area contributed by atoms with E-state index < -0.39 is 28.3 Å². The van der Waals surface area contributed by atoms with Crippen LogP contribution in [0.25, 0.3) is 0 Å². The normalized spacial score (nSPS) is 32.9. The van der Waals surface area contributed by atoms with Crippen LogP contribution in [0.2, 0.25) is 0 Å². The Hall–Kier alpha value is -1.19. The Labute approximate surface area is 105 Å². The van der Waals surface area contributed by atoms with Crippen molar-refractivity contribution in [2.75, 3.05) is 13.1 Å². The Morgan fingerprint density at radius 1 is 1.44 bits per heavy atom. The van der Waals surface area contributed by atoms with Crippen molar-refractivity contribution in [3.05, 3.63) is 0 Å². The summed E-state index contributed by atoms with van der Waals surface area (Å²) in [5.74, 6) is -0.973. The molecular formula is C9H15N3O5S. The fourth-order valence-corrected chi connectivity index (χ4v) is 3.41. The number of nitrogens with zero attached hydrogens (tertiary/aromatic N) is 2. The molecule has 2 aliphatic rings. The third kappa shape index (κ3) is 1.88. The number of hydrogen-bond donors (Lipinski definition) is 2. The molecule has 0 bridgehead atoms. The van der Waals surface area contributed by atoms with Crippen molar-refractivity contribution in [1.82, 2.24) is 9.21 Å². The van der Waals surface area contributed by atoms with Crippen LogP contribution in [-0.4, -0.2) is 59.2 Å². The van der Waals surface area contributed by atoms with Crippen LogP contribution in [0.3, 0.4) is 0 Å². The van der Waals surface area contributed by atoms with Crippen LogP contribution in [0, 0.1) is 5.92 Å². The Morgan fingerprint density at radius 2 is 2.06 bits per heavy atom. The summed E-state index contributed by atoms with van der Waals surface area (Å²) in [5.41, 5.74) is 5.47. The summed E-state index contributed by atoms with van der Waals surface area (Å²) < 4.78 is 31.1. The molecule has 0 aromatic heterocycles. The van der Waals surface area contributed by atoms with Gasteiger partial charge in [-0.2, -0.15) is 8.42 Å². The van der Waals surface area contributed by atoms with E-state index in [2.05, 4.69) is 0 Å². The highest BCUT2D eigenvalue weighted by Gasteiger charge is 2.55. The minimum Gasteiger partial charge on any atom is -0.330 e. The quantitative estimate of drug-likeness (QED) is 0.463. The van der Waals surface area contributed by atoms with Crippen LogP contribution in [0.5, 0.6) is 0 Å². The Morgan fingerprint density at radius 3 is 2.44 bits per heavy atom. The number of β-lactam (4-membered cyclic amide) rings is 1. The molecule has 2 amide bonds. The predicted molar refractivity (Wildman–Crippen MR) is 60.5 cm³/mol. The third-order valence-electron chi connectivity index (χ3n) is 3.45. The van der Waals surface area contributed by atoms with Crippen molar-refractivity contribution in [3.8, 4) is 0 Å². The molecule has 8 nitrogen and oxygen atoms in total. The van der Waals surface area contributed by atoms with Crippen molar-refractivity contribution < 1.29 is 22.6 Å². The Balaban J connectivity index is 2.14. The lowest BCUT2D eigenvalue weighted by Gasteiger charge is -2.46. The number of carbonyl (C=O) groups is 2. The molecule has 0 aliphatic carbocycles. The van der Waals surface area contributed by atoms with Gasteiger partial charge in [0, 0.05) is 13.0 Å². The van der Waals surface area contributed by atoms with Gasteiger partial charge >= 0.3 is 10.3 Å². The average molecular weight is 277 g/mol. The van der Waals surface area contributed by atoms with Crippen molar-refractivity contribution in [3.63, 3.8) is 0 Å². The van der Waals surface area contributed by atoms with E-state index >= 15 is 0 Å². The molecule has 2 saturated heterocycles. The van der Waals surface area contributed by atoms with Crippen LogP contribution >= 0.6 is 0 Å². The molecule has 2 heterocycles. The highest BCUT2D eigenvalue weighted by Crippen LogP contribution is 2.31. The minimum atomic E-state index is -4.54. The fraction of sp³-hybridized carbons (Fsp3) is 0.778. The van der Waals surface area contributed by atoms with E-state index in [1.54, 1.807) is 0 Å². The van der Waals surface area contributed by atoms with Gasteiger partial charge in [-0.15, -0.1) is 0 Å². The molecule has 18 heavy (non-hydrogen) atoms. The second kappa shape index (κ2) is 4.18.